The molecule has 0 heterocycles. The summed E-state index contributed by atoms with van der Waals surface area (Å²) in [5.74, 6) is 0.0539. The second-order valence-corrected chi connectivity index (χ2v) is 3.86. The van der Waals surface area contributed by atoms with Crippen LogP contribution in [0.1, 0.15) is 39.0 Å². The van der Waals surface area contributed by atoms with E-state index in [1.807, 2.05) is 0 Å². The van der Waals surface area contributed by atoms with E-state index >= 15 is 0 Å². The van der Waals surface area contributed by atoms with E-state index in [4.69, 9.17) is 4.74 Å². The van der Waals surface area contributed by atoms with Crippen molar-refractivity contribution in [2.45, 2.75) is 45.1 Å². The van der Waals surface area contributed by atoms with Crippen molar-refractivity contribution in [1.29, 1.82) is 0 Å². The van der Waals surface area contributed by atoms with E-state index in [-0.39, 0.29) is 27.0 Å². The van der Waals surface area contributed by atoms with E-state index in [2.05, 4.69) is 18.1 Å². The molecule has 0 spiro atoms. The summed E-state index contributed by atoms with van der Waals surface area (Å²) in [5, 5.41) is 0. The van der Waals surface area contributed by atoms with E-state index in [0.717, 1.165) is 12.8 Å². The molecular formula is C12H19NO2W. The van der Waals surface area contributed by atoms with Crippen molar-refractivity contribution in [3.8, 4) is 0 Å². The Balaban J connectivity index is 0.00000225. The Morgan fingerprint density at radius 3 is 2.69 bits per heavy atom. The number of nitrogens with zero attached hydrogens (tertiary/aromatic N) is 1. The molecule has 0 aromatic heterocycles. The molecule has 0 aromatic carbocycles. The molecular weight excluding hydrogens is 374 g/mol. The predicted molar refractivity (Wildman–Crippen MR) is 59.8 cm³/mol. The first kappa shape index (κ1) is 15.8. The third kappa shape index (κ3) is 5.79. The van der Waals surface area contributed by atoms with Crippen LogP contribution in [0.5, 0.6) is 0 Å². The van der Waals surface area contributed by atoms with Gasteiger partial charge in [-0.3, -0.25) is 4.79 Å². The van der Waals surface area contributed by atoms with Crippen LogP contribution < -0.4 is 0 Å². The first-order valence-corrected chi connectivity index (χ1v) is 5.69. The van der Waals surface area contributed by atoms with Crippen LogP contribution in [0.4, 0.5) is 0 Å². The number of hydrogen-bond acceptors (Lipinski definition) is 3. The molecule has 1 saturated carbocycles. The predicted octanol–water partition coefficient (Wildman–Crippen LogP) is 2.28. The van der Waals surface area contributed by atoms with Gasteiger partial charge in [-0.25, -0.2) is 0 Å². The Morgan fingerprint density at radius 2 is 2.12 bits per heavy atom. The second kappa shape index (κ2) is 8.92. The first-order valence-electron chi connectivity index (χ1n) is 5.69. The number of rotatable bonds is 4. The van der Waals surface area contributed by atoms with Crippen LogP contribution in [0.3, 0.4) is 0 Å². The van der Waals surface area contributed by atoms with Crippen molar-refractivity contribution in [1.82, 2.24) is 0 Å². The fourth-order valence-corrected chi connectivity index (χ4v) is 1.72. The number of carbonyl (C=O) groups is 1. The van der Waals surface area contributed by atoms with Gasteiger partial charge >= 0.3 is 21.1 Å². The van der Waals surface area contributed by atoms with Crippen molar-refractivity contribution in [2.24, 2.45) is 10.9 Å². The molecule has 16 heavy (non-hydrogen) atoms. The van der Waals surface area contributed by atoms with Crippen molar-refractivity contribution < 1.29 is 30.6 Å². The molecule has 1 aliphatic rings. The number of carbonyl (C=O) groups excluding carboxylic acids is 1. The van der Waals surface area contributed by atoms with Crippen molar-refractivity contribution >= 4 is 12.2 Å². The van der Waals surface area contributed by atoms with Crippen molar-refractivity contribution in [3.05, 3.63) is 6.92 Å². The van der Waals surface area contributed by atoms with Crippen molar-refractivity contribution in [2.75, 3.05) is 6.61 Å². The third-order valence-electron chi connectivity index (χ3n) is 2.58. The summed E-state index contributed by atoms with van der Waals surface area (Å²) in [6.45, 7) is 5.79. The van der Waals surface area contributed by atoms with Gasteiger partial charge in [-0.15, -0.1) is 0 Å². The zero-order valence-electron chi connectivity index (χ0n) is 9.78. The van der Waals surface area contributed by atoms with Crippen LogP contribution in [0.15, 0.2) is 4.99 Å². The summed E-state index contributed by atoms with van der Waals surface area (Å²) in [5.41, 5.74) is 0. The van der Waals surface area contributed by atoms with Gasteiger partial charge in [0, 0.05) is 0 Å². The van der Waals surface area contributed by atoms with Gasteiger partial charge in [-0.05, 0) is 13.0 Å². The maximum atomic E-state index is 11.2. The van der Waals surface area contributed by atoms with E-state index in [9.17, 15) is 4.79 Å². The van der Waals surface area contributed by atoms with Gasteiger partial charge in [-0.1, -0.05) is 32.1 Å². The fraction of sp³-hybridized carbons (Fsp3) is 0.750. The molecule has 90 valence electrons. The summed E-state index contributed by atoms with van der Waals surface area (Å²) in [6.07, 6.45) is 9.10. The molecule has 0 radical (unpaired) electrons. The zero-order chi connectivity index (χ0) is 11.1. The van der Waals surface area contributed by atoms with Crippen LogP contribution in [0.25, 0.3) is 0 Å². The summed E-state index contributed by atoms with van der Waals surface area (Å²) in [4.78, 5) is 15.2. The SMILES string of the molecule is [CH2-]C(N=[C-]C1CCCCC1)C(=O)OCC.[W+2]. The van der Waals surface area contributed by atoms with Crippen LogP contribution in [-0.4, -0.2) is 24.8 Å². The van der Waals surface area contributed by atoms with Gasteiger partial charge in [0.2, 0.25) is 0 Å². The molecule has 1 atom stereocenters. The molecule has 0 aromatic rings. The molecule has 0 saturated heterocycles. The van der Waals surface area contributed by atoms with E-state index in [1.54, 1.807) is 6.92 Å². The van der Waals surface area contributed by atoms with Gasteiger partial charge in [0.15, 0.2) is 0 Å². The van der Waals surface area contributed by atoms with Crippen LogP contribution in [-0.2, 0) is 30.6 Å². The van der Waals surface area contributed by atoms with Gasteiger partial charge < -0.3 is 22.9 Å². The number of hydrogen-bond donors (Lipinski definition) is 0. The van der Waals surface area contributed by atoms with Gasteiger partial charge in [0.1, 0.15) is 0 Å². The maximum Gasteiger partial charge on any atom is 2.00 e. The quantitative estimate of drug-likeness (QED) is 0.418. The van der Waals surface area contributed by atoms with Crippen LogP contribution in [0.2, 0.25) is 0 Å². The second-order valence-electron chi connectivity index (χ2n) is 3.86. The van der Waals surface area contributed by atoms with Gasteiger partial charge in [0.05, 0.1) is 6.61 Å². The third-order valence-corrected chi connectivity index (χ3v) is 2.58. The van der Waals surface area contributed by atoms with Crippen molar-refractivity contribution in [3.63, 3.8) is 0 Å². The summed E-state index contributed by atoms with van der Waals surface area (Å²) < 4.78 is 4.81. The smallest absolute Gasteiger partial charge is 0.519 e. The van der Waals surface area contributed by atoms with Crippen LogP contribution >= 0.6 is 0 Å². The van der Waals surface area contributed by atoms with E-state index in [1.165, 1.54) is 19.3 Å². The summed E-state index contributed by atoms with van der Waals surface area (Å²) in [7, 11) is 0. The molecule has 1 aliphatic carbocycles. The first-order chi connectivity index (χ1) is 7.24. The Bertz CT molecular complexity index is 225. The molecule has 0 bridgehead atoms. The molecule has 4 heteroatoms. The monoisotopic (exact) mass is 393 g/mol. The minimum absolute atomic E-state index is 0. The minimum Gasteiger partial charge on any atom is -0.519 e. The molecule has 0 N–H and O–H groups in total. The fourth-order valence-electron chi connectivity index (χ4n) is 1.72. The van der Waals surface area contributed by atoms with E-state index < -0.39 is 6.04 Å². The van der Waals surface area contributed by atoms with Crippen LogP contribution in [0, 0.1) is 12.8 Å². The average molecular weight is 393 g/mol. The number of aliphatic imine (C=N–C) groups is 1. The maximum absolute atomic E-state index is 11.2. The molecule has 1 unspecified atom stereocenters. The molecule has 3 nitrogen and oxygen atoms in total. The van der Waals surface area contributed by atoms with Gasteiger partial charge in [0.25, 0.3) is 5.97 Å². The standard InChI is InChI=1S/C12H19NO2.W/c1-3-15-12(14)10(2)13-9-11-7-5-4-6-8-11;/h10-11H,2-8H2,1H3;/q-2;+2. The minimum atomic E-state index is -0.646. The topological polar surface area (TPSA) is 38.7 Å². The van der Waals surface area contributed by atoms with E-state index in [0.29, 0.717) is 12.5 Å². The molecule has 1 fully saturated rings. The average Bonchev–Trinajstić information content (AvgIpc) is 2.27. The Kier molecular flexibility index (Phi) is 8.83. The largest absolute Gasteiger partial charge is 2.00 e. The summed E-state index contributed by atoms with van der Waals surface area (Å²) >= 11 is 0. The molecule has 0 aliphatic heterocycles. The zero-order valence-corrected chi connectivity index (χ0v) is 12.7. The Labute approximate surface area is 112 Å². The normalized spacial score (nSPS) is 19.1. The number of ether oxygens (including phenoxy) is 1. The Hall–Kier alpha value is -0.172. The molecule has 0 amide bonds. The Morgan fingerprint density at radius 1 is 1.50 bits per heavy atom. The number of esters is 1. The molecule has 1 rings (SSSR count). The van der Waals surface area contributed by atoms with Gasteiger partial charge in [-0.2, -0.15) is 5.92 Å². The summed E-state index contributed by atoms with van der Waals surface area (Å²) in [6, 6.07) is -0.646.